The number of amides is 2. The molecule has 31 heavy (non-hydrogen) atoms. The van der Waals surface area contributed by atoms with Crippen molar-refractivity contribution in [2.45, 2.75) is 24.8 Å². The second kappa shape index (κ2) is 9.81. The van der Waals surface area contributed by atoms with Crippen molar-refractivity contribution in [3.8, 4) is 0 Å². The number of nitro groups is 1. The molecule has 2 N–H and O–H groups in total. The van der Waals surface area contributed by atoms with Crippen LogP contribution >= 0.6 is 11.8 Å². The maximum absolute atomic E-state index is 12.2. The van der Waals surface area contributed by atoms with Gasteiger partial charge in [-0.1, -0.05) is 23.9 Å². The van der Waals surface area contributed by atoms with Crippen LogP contribution in [-0.4, -0.2) is 26.7 Å². The van der Waals surface area contributed by atoms with Gasteiger partial charge in [-0.15, -0.1) is 0 Å². The molecule has 1 heterocycles. The number of hydrazine groups is 1. The van der Waals surface area contributed by atoms with Crippen LogP contribution in [0.25, 0.3) is 0 Å². The van der Waals surface area contributed by atoms with Crippen molar-refractivity contribution in [3.05, 3.63) is 92.8 Å². The Bertz CT molecular complexity index is 1100. The molecule has 0 radical (unpaired) electrons. The van der Waals surface area contributed by atoms with Gasteiger partial charge in [-0.2, -0.15) is 0 Å². The van der Waals surface area contributed by atoms with E-state index in [1.165, 1.54) is 36.0 Å². The van der Waals surface area contributed by atoms with Crippen molar-refractivity contribution in [1.29, 1.82) is 0 Å². The van der Waals surface area contributed by atoms with Gasteiger partial charge in [0.05, 0.1) is 4.92 Å². The first-order chi connectivity index (χ1) is 14.8. The monoisotopic (exact) mass is 437 g/mol. The molecule has 0 saturated heterocycles. The van der Waals surface area contributed by atoms with E-state index in [-0.39, 0.29) is 11.3 Å². The van der Waals surface area contributed by atoms with Crippen LogP contribution in [0, 0.1) is 24.0 Å². The Morgan fingerprint density at radius 1 is 0.903 bits per heavy atom. The minimum Gasteiger partial charge on any atom is -0.267 e. The van der Waals surface area contributed by atoms with Crippen molar-refractivity contribution in [1.82, 2.24) is 20.8 Å². The van der Waals surface area contributed by atoms with Crippen LogP contribution in [0.1, 0.15) is 37.7 Å². The molecule has 1 aromatic heterocycles. The smallest absolute Gasteiger partial charge is 0.267 e. The highest BCUT2D eigenvalue weighted by molar-refractivity contribution is 7.98. The van der Waals surface area contributed by atoms with Gasteiger partial charge in [-0.25, -0.2) is 9.97 Å². The molecule has 10 heteroatoms. The van der Waals surface area contributed by atoms with E-state index >= 15 is 0 Å². The van der Waals surface area contributed by atoms with E-state index in [0.717, 1.165) is 17.0 Å². The summed E-state index contributed by atoms with van der Waals surface area (Å²) in [6.45, 7) is 3.85. The Labute approximate surface area is 182 Å². The lowest BCUT2D eigenvalue weighted by atomic mass is 10.1. The van der Waals surface area contributed by atoms with Gasteiger partial charge in [0.1, 0.15) is 0 Å². The summed E-state index contributed by atoms with van der Waals surface area (Å²) < 4.78 is 0. The average Bonchev–Trinajstić information content (AvgIpc) is 2.75. The Balaban J connectivity index is 1.52. The number of aromatic nitrogens is 2. The summed E-state index contributed by atoms with van der Waals surface area (Å²) in [5.41, 5.74) is 7.88. The zero-order valence-electron chi connectivity index (χ0n) is 16.8. The molecule has 0 saturated carbocycles. The SMILES string of the molecule is Cc1cc(C)nc(SCc2ccc(C(=O)NNC(=O)c3ccc([N+](=O)[O-])cc3)cc2)n1. The number of thioether (sulfide) groups is 1. The molecule has 158 valence electrons. The van der Waals surface area contributed by atoms with Gasteiger partial charge in [0.25, 0.3) is 17.5 Å². The number of nitro benzene ring substituents is 1. The fourth-order valence-corrected chi connectivity index (χ4v) is 3.56. The van der Waals surface area contributed by atoms with Gasteiger partial charge < -0.3 is 0 Å². The molecular formula is C21H19N5O4S. The summed E-state index contributed by atoms with van der Waals surface area (Å²) in [7, 11) is 0. The van der Waals surface area contributed by atoms with E-state index in [9.17, 15) is 19.7 Å². The quantitative estimate of drug-likeness (QED) is 0.262. The fourth-order valence-electron chi connectivity index (χ4n) is 2.65. The minimum absolute atomic E-state index is 0.122. The molecule has 9 nitrogen and oxygen atoms in total. The van der Waals surface area contributed by atoms with E-state index in [0.29, 0.717) is 16.5 Å². The van der Waals surface area contributed by atoms with Gasteiger partial charge in [0.15, 0.2) is 5.16 Å². The number of benzene rings is 2. The predicted molar refractivity (Wildman–Crippen MR) is 116 cm³/mol. The van der Waals surface area contributed by atoms with E-state index < -0.39 is 16.7 Å². The van der Waals surface area contributed by atoms with Crippen molar-refractivity contribution < 1.29 is 14.5 Å². The molecule has 0 aliphatic rings. The first-order valence-electron chi connectivity index (χ1n) is 9.21. The van der Waals surface area contributed by atoms with E-state index in [4.69, 9.17) is 0 Å². The summed E-state index contributed by atoms with van der Waals surface area (Å²) >= 11 is 1.51. The van der Waals surface area contributed by atoms with Crippen molar-refractivity contribution >= 4 is 29.3 Å². The number of carbonyl (C=O) groups is 2. The third kappa shape index (κ3) is 6.09. The molecule has 0 spiro atoms. The van der Waals surface area contributed by atoms with Crippen LogP contribution in [0.2, 0.25) is 0 Å². The number of nitrogens with one attached hydrogen (secondary N) is 2. The standard InChI is InChI=1S/C21H19N5O4S/c1-13-11-14(2)23-21(22-13)31-12-15-3-5-16(6-4-15)19(27)24-25-20(28)17-7-9-18(10-8-17)26(29)30/h3-11H,12H2,1-2H3,(H,24,27)(H,25,28). The van der Waals surface area contributed by atoms with Crippen LogP contribution in [0.4, 0.5) is 5.69 Å². The van der Waals surface area contributed by atoms with Crippen LogP contribution < -0.4 is 10.9 Å². The Morgan fingerprint density at radius 2 is 1.39 bits per heavy atom. The zero-order valence-corrected chi connectivity index (χ0v) is 17.6. The number of non-ortho nitro benzene ring substituents is 1. The number of aryl methyl sites for hydroxylation is 2. The average molecular weight is 437 g/mol. The molecule has 3 rings (SSSR count). The Morgan fingerprint density at radius 3 is 1.87 bits per heavy atom. The molecule has 0 fully saturated rings. The van der Waals surface area contributed by atoms with Crippen molar-refractivity contribution in [2.24, 2.45) is 0 Å². The normalized spacial score (nSPS) is 10.4. The predicted octanol–water partition coefficient (Wildman–Crippen LogP) is 3.37. The first kappa shape index (κ1) is 21.9. The van der Waals surface area contributed by atoms with E-state index in [1.807, 2.05) is 32.0 Å². The molecule has 0 atom stereocenters. The minimum atomic E-state index is -0.579. The highest BCUT2D eigenvalue weighted by Crippen LogP contribution is 2.20. The number of carbonyl (C=O) groups excluding carboxylic acids is 2. The topological polar surface area (TPSA) is 127 Å². The van der Waals surface area contributed by atoms with E-state index in [2.05, 4.69) is 20.8 Å². The van der Waals surface area contributed by atoms with Gasteiger partial charge >= 0.3 is 0 Å². The summed E-state index contributed by atoms with van der Waals surface area (Å²) in [6, 6.07) is 13.9. The highest BCUT2D eigenvalue weighted by Gasteiger charge is 2.11. The first-order valence-corrected chi connectivity index (χ1v) is 10.2. The Hall–Kier alpha value is -3.79. The molecule has 3 aromatic rings. The maximum atomic E-state index is 12.2. The van der Waals surface area contributed by atoms with Gasteiger partial charge in [-0.05, 0) is 49.7 Å². The Kier molecular flexibility index (Phi) is 6.93. The van der Waals surface area contributed by atoms with Crippen LogP contribution in [0.5, 0.6) is 0 Å². The maximum Gasteiger partial charge on any atom is 0.269 e. The lowest BCUT2D eigenvalue weighted by molar-refractivity contribution is -0.384. The van der Waals surface area contributed by atoms with Crippen LogP contribution in [-0.2, 0) is 5.75 Å². The number of hydrogen-bond acceptors (Lipinski definition) is 7. The summed E-state index contributed by atoms with van der Waals surface area (Å²) in [5, 5.41) is 11.4. The molecule has 2 amide bonds. The third-order valence-electron chi connectivity index (χ3n) is 4.18. The zero-order chi connectivity index (χ0) is 22.4. The lowest BCUT2D eigenvalue weighted by Gasteiger charge is -2.08. The lowest BCUT2D eigenvalue weighted by Crippen LogP contribution is -2.41. The molecule has 2 aromatic carbocycles. The van der Waals surface area contributed by atoms with Crippen molar-refractivity contribution in [3.63, 3.8) is 0 Å². The summed E-state index contributed by atoms with van der Waals surface area (Å²) in [5.74, 6) is -0.404. The molecular weight excluding hydrogens is 418 g/mol. The molecule has 0 unspecified atom stereocenters. The number of nitrogens with zero attached hydrogens (tertiary/aromatic N) is 3. The highest BCUT2D eigenvalue weighted by atomic mass is 32.2. The molecule has 0 aliphatic heterocycles. The number of hydrogen-bond donors (Lipinski definition) is 2. The van der Waals surface area contributed by atoms with Crippen LogP contribution in [0.3, 0.4) is 0 Å². The van der Waals surface area contributed by atoms with Crippen LogP contribution in [0.15, 0.2) is 59.8 Å². The second-order valence-corrected chi connectivity index (χ2v) is 7.57. The third-order valence-corrected chi connectivity index (χ3v) is 5.09. The van der Waals surface area contributed by atoms with Gasteiger partial charge in [0.2, 0.25) is 0 Å². The second-order valence-electron chi connectivity index (χ2n) is 6.63. The van der Waals surface area contributed by atoms with Gasteiger partial charge in [-0.3, -0.25) is 30.6 Å². The summed E-state index contributed by atoms with van der Waals surface area (Å²) in [4.78, 5) is 43.2. The molecule has 0 aliphatic carbocycles. The largest absolute Gasteiger partial charge is 0.269 e. The van der Waals surface area contributed by atoms with Gasteiger partial charge in [0, 0.05) is 40.4 Å². The van der Waals surface area contributed by atoms with Crippen molar-refractivity contribution in [2.75, 3.05) is 0 Å². The molecule has 0 bridgehead atoms. The fraction of sp³-hybridized carbons (Fsp3) is 0.143. The van der Waals surface area contributed by atoms with E-state index in [1.54, 1.807) is 12.1 Å². The number of rotatable bonds is 6. The summed E-state index contributed by atoms with van der Waals surface area (Å²) in [6.07, 6.45) is 0.